The number of carbonyl (C=O) groups is 1. The summed E-state index contributed by atoms with van der Waals surface area (Å²) >= 11 is 0. The molecule has 4 heteroatoms. The van der Waals surface area contributed by atoms with E-state index >= 15 is 0 Å². The lowest BCUT2D eigenvalue weighted by Gasteiger charge is -2.21. The molecule has 1 aromatic carbocycles. The molecule has 0 saturated heterocycles. The Labute approximate surface area is 123 Å². The normalized spacial score (nSPS) is 14.0. The molecular weight excluding hydrogens is 266 g/mol. The summed E-state index contributed by atoms with van der Waals surface area (Å²) in [6.45, 7) is 0. The zero-order chi connectivity index (χ0) is 14.8. The van der Waals surface area contributed by atoms with Gasteiger partial charge < -0.3 is 9.84 Å². The van der Waals surface area contributed by atoms with E-state index < -0.39 is 5.97 Å². The number of pyridine rings is 1. The molecule has 1 aromatic heterocycles. The van der Waals surface area contributed by atoms with Crippen molar-refractivity contribution >= 4 is 16.9 Å². The molecule has 0 unspecified atom stereocenters. The molecule has 2 aromatic rings. The number of nitrogens with zero attached hydrogens (tertiary/aromatic N) is 1. The highest BCUT2D eigenvalue weighted by Gasteiger charge is 2.19. The van der Waals surface area contributed by atoms with Gasteiger partial charge in [-0.25, -0.2) is 4.98 Å². The van der Waals surface area contributed by atoms with Crippen LogP contribution >= 0.6 is 0 Å². The molecule has 3 rings (SSSR count). The van der Waals surface area contributed by atoms with Gasteiger partial charge in [-0.3, -0.25) is 4.79 Å². The molecule has 1 N–H and O–H groups in total. The average Bonchev–Trinajstić information content (AvgIpc) is 2.50. The summed E-state index contributed by atoms with van der Waals surface area (Å²) in [5.74, 6) is 0.00451. The van der Waals surface area contributed by atoms with E-state index in [9.17, 15) is 4.79 Å². The van der Waals surface area contributed by atoms with E-state index in [-0.39, 0.29) is 6.42 Å². The average molecular weight is 285 g/mol. The number of para-hydroxylation sites is 1. The van der Waals surface area contributed by atoms with Crippen LogP contribution in [0.3, 0.4) is 0 Å². The Bertz CT molecular complexity index is 694. The smallest absolute Gasteiger partial charge is 0.303 e. The first kappa shape index (κ1) is 13.9. The van der Waals surface area contributed by atoms with Crippen molar-refractivity contribution in [2.45, 2.75) is 38.5 Å². The van der Waals surface area contributed by atoms with Gasteiger partial charge in [0.2, 0.25) is 0 Å². The zero-order valence-electron chi connectivity index (χ0n) is 12.2. The Hall–Kier alpha value is -2.10. The van der Waals surface area contributed by atoms with Gasteiger partial charge in [0.1, 0.15) is 11.3 Å². The molecule has 21 heavy (non-hydrogen) atoms. The number of fused-ring (bicyclic) bond motifs is 2. The summed E-state index contributed by atoms with van der Waals surface area (Å²) in [7, 11) is 1.65. The summed E-state index contributed by atoms with van der Waals surface area (Å²) in [5.41, 5.74) is 4.40. The molecule has 1 aliphatic carbocycles. The number of ether oxygens (including phenoxy) is 1. The number of benzene rings is 1. The van der Waals surface area contributed by atoms with E-state index in [1.165, 1.54) is 5.56 Å². The quantitative estimate of drug-likeness (QED) is 0.937. The van der Waals surface area contributed by atoms with Crippen molar-refractivity contribution in [2.75, 3.05) is 7.11 Å². The number of carboxylic acids is 1. The fraction of sp³-hybridized carbons (Fsp3) is 0.412. The molecule has 0 bridgehead atoms. The lowest BCUT2D eigenvalue weighted by Crippen LogP contribution is -2.11. The van der Waals surface area contributed by atoms with E-state index in [0.29, 0.717) is 6.42 Å². The maximum Gasteiger partial charge on any atom is 0.303 e. The number of rotatable bonds is 4. The number of aromatic nitrogens is 1. The molecule has 0 radical (unpaired) electrons. The van der Waals surface area contributed by atoms with Crippen LogP contribution in [0.15, 0.2) is 18.2 Å². The van der Waals surface area contributed by atoms with Crippen LogP contribution in [-0.4, -0.2) is 23.2 Å². The van der Waals surface area contributed by atoms with Crippen LogP contribution in [0.4, 0.5) is 0 Å². The van der Waals surface area contributed by atoms with Crippen molar-refractivity contribution in [1.29, 1.82) is 0 Å². The molecule has 4 nitrogen and oxygen atoms in total. The third-order valence-electron chi connectivity index (χ3n) is 4.18. The minimum Gasteiger partial charge on any atom is -0.494 e. The predicted octanol–water partition coefficient (Wildman–Crippen LogP) is 3.14. The molecule has 110 valence electrons. The summed E-state index contributed by atoms with van der Waals surface area (Å²) in [4.78, 5) is 15.8. The van der Waals surface area contributed by atoms with Crippen LogP contribution in [0.1, 0.15) is 36.1 Å². The molecule has 1 aliphatic rings. The van der Waals surface area contributed by atoms with Crippen molar-refractivity contribution < 1.29 is 14.6 Å². The summed E-state index contributed by atoms with van der Waals surface area (Å²) in [6.07, 6.45) is 5.00. The van der Waals surface area contributed by atoms with Crippen LogP contribution in [0.5, 0.6) is 5.75 Å². The third kappa shape index (κ3) is 2.58. The van der Waals surface area contributed by atoms with Gasteiger partial charge in [-0.05, 0) is 49.3 Å². The van der Waals surface area contributed by atoms with Crippen molar-refractivity contribution in [3.8, 4) is 5.75 Å². The minimum atomic E-state index is -0.757. The fourth-order valence-corrected chi connectivity index (χ4v) is 3.20. The van der Waals surface area contributed by atoms with Gasteiger partial charge in [0, 0.05) is 17.5 Å². The zero-order valence-corrected chi connectivity index (χ0v) is 12.2. The molecule has 1 heterocycles. The second-order valence-electron chi connectivity index (χ2n) is 5.47. The molecular formula is C17H19NO3. The van der Waals surface area contributed by atoms with E-state index in [0.717, 1.165) is 53.6 Å². The van der Waals surface area contributed by atoms with Gasteiger partial charge in [-0.1, -0.05) is 12.1 Å². The Morgan fingerprint density at radius 1 is 1.33 bits per heavy atom. The van der Waals surface area contributed by atoms with Crippen LogP contribution in [-0.2, 0) is 24.1 Å². The highest BCUT2D eigenvalue weighted by Crippen LogP contribution is 2.33. The van der Waals surface area contributed by atoms with Crippen molar-refractivity contribution in [3.63, 3.8) is 0 Å². The number of aryl methyl sites for hydroxylation is 2. The summed E-state index contributed by atoms with van der Waals surface area (Å²) in [5, 5.41) is 10.0. The van der Waals surface area contributed by atoms with E-state index in [1.54, 1.807) is 7.11 Å². The largest absolute Gasteiger partial charge is 0.494 e. The Morgan fingerprint density at radius 2 is 2.14 bits per heavy atom. The van der Waals surface area contributed by atoms with Gasteiger partial charge in [-0.15, -0.1) is 0 Å². The predicted molar refractivity (Wildman–Crippen MR) is 80.9 cm³/mol. The number of carboxylic acid groups (broad SMARTS) is 1. The Morgan fingerprint density at radius 3 is 2.90 bits per heavy atom. The van der Waals surface area contributed by atoms with Crippen LogP contribution in [0, 0.1) is 0 Å². The molecule has 0 aliphatic heterocycles. The summed E-state index contributed by atoms with van der Waals surface area (Å²) < 4.78 is 5.42. The number of hydrogen-bond donors (Lipinski definition) is 1. The number of aliphatic carboxylic acids is 1. The monoisotopic (exact) mass is 285 g/mol. The Kier molecular flexibility index (Phi) is 3.78. The van der Waals surface area contributed by atoms with Gasteiger partial charge in [0.25, 0.3) is 0 Å². The topological polar surface area (TPSA) is 59.4 Å². The first-order valence-electron chi connectivity index (χ1n) is 7.40. The van der Waals surface area contributed by atoms with Crippen LogP contribution in [0.25, 0.3) is 10.9 Å². The SMILES string of the molecule is COc1cccc2c(CCC(=O)O)c3c(nc12)CCCC3. The second kappa shape index (κ2) is 5.72. The second-order valence-corrected chi connectivity index (χ2v) is 5.47. The van der Waals surface area contributed by atoms with Gasteiger partial charge in [-0.2, -0.15) is 0 Å². The standard InChI is InChI=1S/C17H19NO3/c1-21-15-8-4-6-13-11(9-10-16(19)20)12-5-2-3-7-14(12)18-17(13)15/h4,6,8H,2-3,5,7,9-10H2,1H3,(H,19,20). The van der Waals surface area contributed by atoms with Crippen molar-refractivity contribution in [1.82, 2.24) is 4.98 Å². The lowest BCUT2D eigenvalue weighted by molar-refractivity contribution is -0.136. The van der Waals surface area contributed by atoms with Crippen LogP contribution in [0.2, 0.25) is 0 Å². The van der Waals surface area contributed by atoms with E-state index in [2.05, 4.69) is 0 Å². The molecule has 0 amide bonds. The van der Waals surface area contributed by atoms with Crippen molar-refractivity contribution in [3.05, 3.63) is 35.0 Å². The molecule has 0 saturated carbocycles. The lowest BCUT2D eigenvalue weighted by atomic mass is 9.88. The first-order chi connectivity index (χ1) is 10.2. The number of hydrogen-bond acceptors (Lipinski definition) is 3. The maximum absolute atomic E-state index is 11.0. The molecule has 0 spiro atoms. The summed E-state index contributed by atoms with van der Waals surface area (Å²) in [6, 6.07) is 5.88. The third-order valence-corrected chi connectivity index (χ3v) is 4.18. The Balaban J connectivity index is 2.21. The molecule has 0 atom stereocenters. The van der Waals surface area contributed by atoms with Gasteiger partial charge >= 0.3 is 5.97 Å². The highest BCUT2D eigenvalue weighted by atomic mass is 16.5. The van der Waals surface area contributed by atoms with Crippen LogP contribution < -0.4 is 4.74 Å². The van der Waals surface area contributed by atoms with Crippen molar-refractivity contribution in [2.24, 2.45) is 0 Å². The minimum absolute atomic E-state index is 0.156. The van der Waals surface area contributed by atoms with E-state index in [1.807, 2.05) is 18.2 Å². The fourth-order valence-electron chi connectivity index (χ4n) is 3.20. The first-order valence-corrected chi connectivity index (χ1v) is 7.40. The highest BCUT2D eigenvalue weighted by molar-refractivity contribution is 5.89. The number of methoxy groups -OCH3 is 1. The van der Waals surface area contributed by atoms with Gasteiger partial charge in [0.05, 0.1) is 7.11 Å². The maximum atomic E-state index is 11.0. The van der Waals surface area contributed by atoms with E-state index in [4.69, 9.17) is 14.8 Å². The van der Waals surface area contributed by atoms with Gasteiger partial charge in [0.15, 0.2) is 0 Å². The molecule has 0 fully saturated rings.